The first kappa shape index (κ1) is 18.4. The van der Waals surface area contributed by atoms with Crippen LogP contribution in [0, 0.1) is 17.0 Å². The molecule has 2 rings (SSSR count). The number of hydrogen-bond donors (Lipinski definition) is 0. The summed E-state index contributed by atoms with van der Waals surface area (Å²) in [5.41, 5.74) is 1.26. The highest BCUT2D eigenvalue weighted by atomic mass is 16.6. The molecular formula is C19H21NO5. The lowest BCUT2D eigenvalue weighted by atomic mass is 10.1. The molecule has 132 valence electrons. The Bertz CT molecular complexity index is 740. The van der Waals surface area contributed by atoms with Crippen LogP contribution in [0.15, 0.2) is 42.5 Å². The summed E-state index contributed by atoms with van der Waals surface area (Å²) in [5, 5.41) is 11.2. The summed E-state index contributed by atoms with van der Waals surface area (Å²) in [4.78, 5) is 22.6. The van der Waals surface area contributed by atoms with Gasteiger partial charge >= 0.3 is 5.69 Å². The second-order valence-corrected chi connectivity index (χ2v) is 5.62. The van der Waals surface area contributed by atoms with Gasteiger partial charge in [0.2, 0.25) is 0 Å². The van der Waals surface area contributed by atoms with E-state index in [1.54, 1.807) is 6.07 Å². The lowest BCUT2D eigenvalue weighted by Gasteiger charge is -2.09. The molecular weight excluding hydrogens is 322 g/mol. The van der Waals surface area contributed by atoms with Crippen LogP contribution in [0.3, 0.4) is 0 Å². The Morgan fingerprint density at radius 3 is 2.40 bits per heavy atom. The Kier molecular flexibility index (Phi) is 6.51. The van der Waals surface area contributed by atoms with Crippen molar-refractivity contribution in [1.29, 1.82) is 0 Å². The van der Waals surface area contributed by atoms with Crippen LogP contribution in [-0.2, 0) is 0 Å². The molecule has 0 aromatic heterocycles. The number of ether oxygens (including phenoxy) is 2. The van der Waals surface area contributed by atoms with Gasteiger partial charge in [-0.25, -0.2) is 0 Å². The zero-order valence-corrected chi connectivity index (χ0v) is 14.4. The van der Waals surface area contributed by atoms with Crippen molar-refractivity contribution in [2.75, 3.05) is 13.2 Å². The minimum absolute atomic E-state index is 0.111. The largest absolute Gasteiger partial charge is 0.490 e. The van der Waals surface area contributed by atoms with Crippen molar-refractivity contribution in [3.63, 3.8) is 0 Å². The van der Waals surface area contributed by atoms with Crippen molar-refractivity contribution in [2.45, 2.75) is 26.7 Å². The van der Waals surface area contributed by atoms with Gasteiger partial charge in [-0.05, 0) is 37.6 Å². The minimum atomic E-state index is -0.543. The number of carbonyl (C=O) groups is 1. The van der Waals surface area contributed by atoms with Gasteiger partial charge in [0.25, 0.3) is 0 Å². The number of hydrogen-bond acceptors (Lipinski definition) is 5. The van der Waals surface area contributed by atoms with Crippen LogP contribution >= 0.6 is 0 Å². The Labute approximate surface area is 146 Å². The van der Waals surface area contributed by atoms with Gasteiger partial charge < -0.3 is 9.47 Å². The molecule has 0 amide bonds. The quantitative estimate of drug-likeness (QED) is 0.293. The van der Waals surface area contributed by atoms with Gasteiger partial charge in [0, 0.05) is 18.1 Å². The Hall–Kier alpha value is -2.89. The zero-order chi connectivity index (χ0) is 18.2. The highest BCUT2D eigenvalue weighted by Gasteiger charge is 2.18. The Balaban J connectivity index is 1.97. The fourth-order valence-electron chi connectivity index (χ4n) is 2.27. The second kappa shape index (κ2) is 8.82. The van der Waals surface area contributed by atoms with Gasteiger partial charge in [-0.2, -0.15) is 0 Å². The molecule has 0 aliphatic heterocycles. The Morgan fingerprint density at radius 2 is 1.76 bits per heavy atom. The number of carbonyl (C=O) groups excluding carboxylic acids is 1. The number of aryl methyl sites for hydroxylation is 1. The summed E-state index contributed by atoms with van der Waals surface area (Å²) in [6.45, 7) is 4.30. The van der Waals surface area contributed by atoms with Crippen LogP contribution in [0.25, 0.3) is 0 Å². The van der Waals surface area contributed by atoms with Gasteiger partial charge in [-0.15, -0.1) is 0 Å². The third kappa shape index (κ3) is 5.31. The summed E-state index contributed by atoms with van der Waals surface area (Å²) >= 11 is 0. The van der Waals surface area contributed by atoms with E-state index in [1.165, 1.54) is 12.1 Å². The summed E-state index contributed by atoms with van der Waals surface area (Å²) in [6.07, 6.45) is 1.06. The average molecular weight is 343 g/mol. The van der Waals surface area contributed by atoms with Crippen molar-refractivity contribution < 1.29 is 19.2 Å². The summed E-state index contributed by atoms with van der Waals surface area (Å²) in [6, 6.07) is 11.9. The number of Topliss-reactive ketones (excluding diaryl/α,β-unsaturated/α-hetero) is 1. The standard InChI is InChI=1S/C19H21NO5/c1-3-4-18(21)15-7-10-19(17(13-15)20(22)23)25-12-11-24-16-8-5-14(2)6-9-16/h5-10,13H,3-4,11-12H2,1-2H3. The number of nitro groups is 1. The molecule has 0 fully saturated rings. The van der Waals surface area contributed by atoms with Crippen molar-refractivity contribution in [3.8, 4) is 11.5 Å². The van der Waals surface area contributed by atoms with E-state index in [0.717, 1.165) is 5.56 Å². The van der Waals surface area contributed by atoms with Crippen LogP contribution in [0.2, 0.25) is 0 Å². The lowest BCUT2D eigenvalue weighted by Crippen LogP contribution is -2.10. The third-order valence-electron chi connectivity index (χ3n) is 3.59. The summed E-state index contributed by atoms with van der Waals surface area (Å²) in [5.74, 6) is 0.731. The van der Waals surface area contributed by atoms with Crippen LogP contribution in [0.4, 0.5) is 5.69 Å². The predicted octanol–water partition coefficient (Wildman–Crippen LogP) is 4.34. The van der Waals surface area contributed by atoms with Crippen LogP contribution in [0.5, 0.6) is 11.5 Å². The van der Waals surface area contributed by atoms with Gasteiger partial charge in [0.05, 0.1) is 4.92 Å². The topological polar surface area (TPSA) is 78.7 Å². The number of rotatable bonds is 9. The highest BCUT2D eigenvalue weighted by Crippen LogP contribution is 2.28. The normalized spacial score (nSPS) is 10.3. The smallest absolute Gasteiger partial charge is 0.311 e. The van der Waals surface area contributed by atoms with Crippen molar-refractivity contribution >= 4 is 11.5 Å². The van der Waals surface area contributed by atoms with Crippen molar-refractivity contribution in [1.82, 2.24) is 0 Å². The van der Waals surface area contributed by atoms with E-state index in [2.05, 4.69) is 0 Å². The van der Waals surface area contributed by atoms with E-state index in [9.17, 15) is 14.9 Å². The maximum atomic E-state index is 11.9. The molecule has 0 radical (unpaired) electrons. The van der Waals surface area contributed by atoms with Crippen LogP contribution < -0.4 is 9.47 Å². The monoisotopic (exact) mass is 343 g/mol. The first-order chi connectivity index (χ1) is 12.0. The van der Waals surface area contributed by atoms with Crippen LogP contribution in [-0.4, -0.2) is 23.9 Å². The zero-order valence-electron chi connectivity index (χ0n) is 14.4. The molecule has 0 bridgehead atoms. The molecule has 0 aliphatic rings. The molecule has 0 saturated heterocycles. The predicted molar refractivity (Wildman–Crippen MR) is 94.5 cm³/mol. The molecule has 2 aromatic carbocycles. The molecule has 2 aromatic rings. The molecule has 6 heteroatoms. The van der Waals surface area contributed by atoms with E-state index in [-0.39, 0.29) is 30.4 Å². The molecule has 0 atom stereocenters. The molecule has 0 heterocycles. The maximum Gasteiger partial charge on any atom is 0.311 e. The fraction of sp³-hybridized carbons (Fsp3) is 0.316. The van der Waals surface area contributed by atoms with E-state index >= 15 is 0 Å². The number of benzene rings is 2. The molecule has 0 unspecified atom stereocenters. The minimum Gasteiger partial charge on any atom is -0.490 e. The number of ketones is 1. The van der Waals surface area contributed by atoms with E-state index in [4.69, 9.17) is 9.47 Å². The first-order valence-corrected chi connectivity index (χ1v) is 8.15. The van der Waals surface area contributed by atoms with Crippen LogP contribution in [0.1, 0.15) is 35.7 Å². The number of nitrogens with zero attached hydrogens (tertiary/aromatic N) is 1. The highest BCUT2D eigenvalue weighted by molar-refractivity contribution is 5.96. The second-order valence-electron chi connectivity index (χ2n) is 5.62. The van der Waals surface area contributed by atoms with Gasteiger partial charge in [-0.1, -0.05) is 24.6 Å². The summed E-state index contributed by atoms with van der Waals surface area (Å²) < 4.78 is 11.0. The fourth-order valence-corrected chi connectivity index (χ4v) is 2.27. The number of nitro benzene ring substituents is 1. The van der Waals surface area contributed by atoms with Crippen molar-refractivity contribution in [2.24, 2.45) is 0 Å². The molecule has 0 N–H and O–H groups in total. The first-order valence-electron chi connectivity index (χ1n) is 8.15. The maximum absolute atomic E-state index is 11.9. The molecule has 0 spiro atoms. The van der Waals surface area contributed by atoms with E-state index < -0.39 is 4.92 Å². The van der Waals surface area contributed by atoms with Gasteiger partial charge in [-0.3, -0.25) is 14.9 Å². The molecule has 6 nitrogen and oxygen atoms in total. The van der Waals surface area contributed by atoms with E-state index in [1.807, 2.05) is 38.1 Å². The van der Waals surface area contributed by atoms with Gasteiger partial charge in [0.1, 0.15) is 19.0 Å². The third-order valence-corrected chi connectivity index (χ3v) is 3.59. The van der Waals surface area contributed by atoms with E-state index in [0.29, 0.717) is 24.2 Å². The Morgan fingerprint density at radius 1 is 1.08 bits per heavy atom. The van der Waals surface area contributed by atoms with Crippen molar-refractivity contribution in [3.05, 3.63) is 63.7 Å². The lowest BCUT2D eigenvalue weighted by molar-refractivity contribution is -0.385. The molecule has 0 saturated carbocycles. The van der Waals surface area contributed by atoms with Gasteiger partial charge in [0.15, 0.2) is 11.5 Å². The molecule has 25 heavy (non-hydrogen) atoms. The average Bonchev–Trinajstić information content (AvgIpc) is 2.60. The SMILES string of the molecule is CCCC(=O)c1ccc(OCCOc2ccc(C)cc2)c([N+](=O)[O-])c1. The summed E-state index contributed by atoms with van der Waals surface area (Å²) in [7, 11) is 0. The molecule has 0 aliphatic carbocycles.